The molecule has 0 aromatic heterocycles. The van der Waals surface area contributed by atoms with Crippen LogP contribution in [-0.4, -0.2) is 19.0 Å². The van der Waals surface area contributed by atoms with Crippen molar-refractivity contribution in [2.45, 2.75) is 31.6 Å². The highest BCUT2D eigenvalue weighted by Crippen LogP contribution is 2.45. The molecule has 1 aliphatic heterocycles. The second kappa shape index (κ2) is 3.62. The summed E-state index contributed by atoms with van der Waals surface area (Å²) in [5.74, 6) is 0.989. The molecule has 2 heteroatoms. The van der Waals surface area contributed by atoms with Gasteiger partial charge in [0.15, 0.2) is 5.90 Å². The maximum Gasteiger partial charge on any atom is 0.194 e. The molecule has 2 nitrogen and oxygen atoms in total. The molecule has 1 fully saturated rings. The van der Waals surface area contributed by atoms with Crippen molar-refractivity contribution in [1.29, 1.82) is 0 Å². The summed E-state index contributed by atoms with van der Waals surface area (Å²) in [6.07, 6.45) is 3.67. The van der Waals surface area contributed by atoms with Gasteiger partial charge in [0.1, 0.15) is 6.61 Å². The molecular formula is C14H17NO. The summed E-state index contributed by atoms with van der Waals surface area (Å²) in [6, 6.07) is 8.84. The Bertz CT molecular complexity index is 415. The van der Waals surface area contributed by atoms with Crippen LogP contribution in [-0.2, 0) is 10.2 Å². The normalized spacial score (nSPS) is 22.2. The Morgan fingerprint density at radius 2 is 1.94 bits per heavy atom. The van der Waals surface area contributed by atoms with Crippen molar-refractivity contribution in [3.8, 4) is 0 Å². The molecule has 1 heterocycles. The number of nitrogens with zero attached hydrogens (tertiary/aromatic N) is 1. The van der Waals surface area contributed by atoms with Crippen LogP contribution < -0.4 is 0 Å². The molecule has 1 aliphatic carbocycles. The summed E-state index contributed by atoms with van der Waals surface area (Å²) in [6.45, 7) is 3.73. The van der Waals surface area contributed by atoms with Gasteiger partial charge >= 0.3 is 0 Å². The van der Waals surface area contributed by atoms with Crippen LogP contribution in [0.4, 0.5) is 0 Å². The van der Waals surface area contributed by atoms with Crippen LogP contribution >= 0.6 is 0 Å². The Hall–Kier alpha value is -1.31. The van der Waals surface area contributed by atoms with Gasteiger partial charge in [0, 0.05) is 0 Å². The first-order valence-electron chi connectivity index (χ1n) is 6.06. The second-order valence-electron chi connectivity index (χ2n) is 4.84. The third-order valence-corrected chi connectivity index (χ3v) is 3.81. The van der Waals surface area contributed by atoms with Gasteiger partial charge in [-0.2, -0.15) is 0 Å². The zero-order valence-electron chi connectivity index (χ0n) is 9.70. The van der Waals surface area contributed by atoms with Gasteiger partial charge in [0.2, 0.25) is 0 Å². The lowest BCUT2D eigenvalue weighted by atomic mass is 9.64. The minimum absolute atomic E-state index is 0.115. The van der Waals surface area contributed by atoms with E-state index in [-0.39, 0.29) is 5.41 Å². The van der Waals surface area contributed by atoms with E-state index < -0.39 is 0 Å². The lowest BCUT2D eigenvalue weighted by Gasteiger charge is -2.41. The summed E-state index contributed by atoms with van der Waals surface area (Å²) in [4.78, 5) is 4.52. The average molecular weight is 215 g/mol. The van der Waals surface area contributed by atoms with E-state index >= 15 is 0 Å². The molecule has 0 amide bonds. The van der Waals surface area contributed by atoms with E-state index in [1.165, 1.54) is 30.4 Å². The van der Waals surface area contributed by atoms with E-state index in [4.69, 9.17) is 4.74 Å². The van der Waals surface area contributed by atoms with Crippen molar-refractivity contribution in [2.75, 3.05) is 13.2 Å². The Balaban J connectivity index is 1.98. The third-order valence-electron chi connectivity index (χ3n) is 3.81. The number of hydrogen-bond acceptors (Lipinski definition) is 2. The SMILES string of the molecule is Cc1ccc(C2(C3=NCCO3)CCC2)cc1. The molecule has 0 N–H and O–H groups in total. The Morgan fingerprint density at radius 3 is 2.44 bits per heavy atom. The number of rotatable bonds is 2. The topological polar surface area (TPSA) is 21.6 Å². The zero-order valence-corrected chi connectivity index (χ0v) is 9.70. The minimum atomic E-state index is 0.115. The predicted molar refractivity (Wildman–Crippen MR) is 65.0 cm³/mol. The first-order chi connectivity index (χ1) is 7.81. The monoisotopic (exact) mass is 215 g/mol. The maximum atomic E-state index is 5.69. The molecule has 3 rings (SSSR count). The molecule has 16 heavy (non-hydrogen) atoms. The fourth-order valence-electron chi connectivity index (χ4n) is 2.65. The fraction of sp³-hybridized carbons (Fsp3) is 0.500. The van der Waals surface area contributed by atoms with Crippen LogP contribution in [0.5, 0.6) is 0 Å². The predicted octanol–water partition coefficient (Wildman–Crippen LogP) is 2.85. The lowest BCUT2D eigenvalue weighted by molar-refractivity contribution is 0.249. The van der Waals surface area contributed by atoms with Gasteiger partial charge in [-0.25, -0.2) is 0 Å². The molecule has 0 radical (unpaired) electrons. The third kappa shape index (κ3) is 1.36. The Morgan fingerprint density at radius 1 is 1.19 bits per heavy atom. The number of aryl methyl sites for hydroxylation is 1. The number of aliphatic imine (C=N–C) groups is 1. The molecule has 2 aliphatic rings. The summed E-state index contributed by atoms with van der Waals surface area (Å²) in [5, 5.41) is 0. The number of ether oxygens (including phenoxy) is 1. The summed E-state index contributed by atoms with van der Waals surface area (Å²) in [5.41, 5.74) is 2.81. The van der Waals surface area contributed by atoms with Gasteiger partial charge in [-0.15, -0.1) is 0 Å². The Labute approximate surface area is 96.3 Å². The van der Waals surface area contributed by atoms with E-state index in [2.05, 4.69) is 36.2 Å². The average Bonchev–Trinajstić information content (AvgIpc) is 2.73. The maximum absolute atomic E-state index is 5.69. The standard InChI is InChI=1S/C14H17NO/c1-11-3-5-12(6-4-11)14(7-2-8-14)13-15-9-10-16-13/h3-6H,2,7-10H2,1H3. The van der Waals surface area contributed by atoms with Crippen LogP contribution in [0.25, 0.3) is 0 Å². The molecule has 0 unspecified atom stereocenters. The van der Waals surface area contributed by atoms with E-state index in [0.717, 1.165) is 19.0 Å². The van der Waals surface area contributed by atoms with Crippen molar-refractivity contribution < 1.29 is 4.74 Å². The smallest absolute Gasteiger partial charge is 0.194 e. The highest BCUT2D eigenvalue weighted by Gasteiger charge is 2.45. The molecule has 0 saturated heterocycles. The quantitative estimate of drug-likeness (QED) is 0.743. The van der Waals surface area contributed by atoms with Crippen LogP contribution in [0.2, 0.25) is 0 Å². The van der Waals surface area contributed by atoms with Gasteiger partial charge in [0.05, 0.1) is 12.0 Å². The van der Waals surface area contributed by atoms with Gasteiger partial charge < -0.3 is 4.74 Å². The van der Waals surface area contributed by atoms with Crippen LogP contribution in [0.1, 0.15) is 30.4 Å². The highest BCUT2D eigenvalue weighted by molar-refractivity contribution is 5.90. The van der Waals surface area contributed by atoms with Gasteiger partial charge in [-0.1, -0.05) is 36.2 Å². The summed E-state index contributed by atoms with van der Waals surface area (Å²) >= 11 is 0. The molecule has 1 aromatic carbocycles. The number of benzene rings is 1. The van der Waals surface area contributed by atoms with E-state index in [1.807, 2.05) is 0 Å². The van der Waals surface area contributed by atoms with Gasteiger partial charge in [-0.3, -0.25) is 4.99 Å². The van der Waals surface area contributed by atoms with E-state index in [1.54, 1.807) is 0 Å². The van der Waals surface area contributed by atoms with Crippen molar-refractivity contribution in [1.82, 2.24) is 0 Å². The second-order valence-corrected chi connectivity index (χ2v) is 4.84. The molecule has 0 bridgehead atoms. The van der Waals surface area contributed by atoms with Crippen molar-refractivity contribution >= 4 is 5.90 Å². The Kier molecular flexibility index (Phi) is 2.23. The highest BCUT2D eigenvalue weighted by atomic mass is 16.5. The molecule has 1 aromatic rings. The first-order valence-corrected chi connectivity index (χ1v) is 6.06. The zero-order chi connectivity index (χ0) is 11.0. The molecule has 0 spiro atoms. The van der Waals surface area contributed by atoms with Gasteiger partial charge in [-0.05, 0) is 25.3 Å². The molecule has 1 saturated carbocycles. The molecule has 84 valence electrons. The van der Waals surface area contributed by atoms with Crippen molar-refractivity contribution in [3.05, 3.63) is 35.4 Å². The minimum Gasteiger partial charge on any atom is -0.478 e. The van der Waals surface area contributed by atoms with E-state index in [0.29, 0.717) is 0 Å². The molecule has 0 atom stereocenters. The summed E-state index contributed by atoms with van der Waals surface area (Å²) < 4.78 is 5.69. The number of hydrogen-bond donors (Lipinski definition) is 0. The van der Waals surface area contributed by atoms with Crippen LogP contribution in [0, 0.1) is 6.92 Å². The van der Waals surface area contributed by atoms with E-state index in [9.17, 15) is 0 Å². The summed E-state index contributed by atoms with van der Waals surface area (Å²) in [7, 11) is 0. The lowest BCUT2D eigenvalue weighted by Crippen LogP contribution is -2.42. The fourth-order valence-corrected chi connectivity index (χ4v) is 2.65. The molecular weight excluding hydrogens is 198 g/mol. The van der Waals surface area contributed by atoms with Crippen molar-refractivity contribution in [2.24, 2.45) is 4.99 Å². The van der Waals surface area contributed by atoms with Crippen LogP contribution in [0.3, 0.4) is 0 Å². The first kappa shape index (κ1) is 9.88. The largest absolute Gasteiger partial charge is 0.478 e. The van der Waals surface area contributed by atoms with Crippen LogP contribution in [0.15, 0.2) is 29.3 Å². The van der Waals surface area contributed by atoms with Crippen molar-refractivity contribution in [3.63, 3.8) is 0 Å². The van der Waals surface area contributed by atoms with Gasteiger partial charge in [0.25, 0.3) is 0 Å².